The summed E-state index contributed by atoms with van der Waals surface area (Å²) in [4.78, 5) is 26.6. The minimum atomic E-state index is -4.48. The Hall–Kier alpha value is -2.54. The van der Waals surface area contributed by atoms with Gasteiger partial charge in [-0.25, -0.2) is 0 Å². The number of aromatic nitrogens is 1. The van der Waals surface area contributed by atoms with Crippen molar-refractivity contribution in [3.8, 4) is 6.07 Å². The van der Waals surface area contributed by atoms with E-state index >= 15 is 0 Å². The summed E-state index contributed by atoms with van der Waals surface area (Å²) in [7, 11) is 0. The first kappa shape index (κ1) is 23.1. The fourth-order valence-corrected chi connectivity index (χ4v) is 4.68. The third-order valence-corrected chi connectivity index (χ3v) is 6.29. The van der Waals surface area contributed by atoms with Crippen molar-refractivity contribution < 1.29 is 22.8 Å². The van der Waals surface area contributed by atoms with Crippen LogP contribution < -0.4 is 10.6 Å². The minimum Gasteiger partial charge on any atom is -0.346 e. The molecule has 1 aromatic heterocycles. The largest absolute Gasteiger partial charge is 0.405 e. The molecular formula is C21H28F3N5O2. The van der Waals surface area contributed by atoms with Crippen molar-refractivity contribution in [2.75, 3.05) is 25.0 Å². The number of amides is 2. The molecule has 1 aliphatic heterocycles. The van der Waals surface area contributed by atoms with Gasteiger partial charge >= 0.3 is 6.18 Å². The Balaban J connectivity index is 1.71. The summed E-state index contributed by atoms with van der Waals surface area (Å²) in [5, 5.41) is 14.4. The van der Waals surface area contributed by atoms with Crippen LogP contribution in [0.2, 0.25) is 0 Å². The van der Waals surface area contributed by atoms with E-state index in [0.717, 1.165) is 36.9 Å². The van der Waals surface area contributed by atoms with Gasteiger partial charge in [0.2, 0.25) is 11.8 Å². The Kier molecular flexibility index (Phi) is 6.94. The zero-order valence-corrected chi connectivity index (χ0v) is 17.8. The number of alkyl halides is 3. The number of hydrogen-bond acceptors (Lipinski definition) is 4. The van der Waals surface area contributed by atoms with Crippen LogP contribution in [-0.2, 0) is 9.59 Å². The van der Waals surface area contributed by atoms with Gasteiger partial charge in [0, 0.05) is 11.7 Å². The number of nitrogens with one attached hydrogen (secondary N) is 2. The highest BCUT2D eigenvalue weighted by Gasteiger charge is 2.35. The average molecular weight is 439 g/mol. The number of carbonyl (C=O) groups is 2. The lowest BCUT2D eigenvalue weighted by Crippen LogP contribution is -2.48. The van der Waals surface area contributed by atoms with Gasteiger partial charge in [-0.1, -0.05) is 12.8 Å². The summed E-state index contributed by atoms with van der Waals surface area (Å²) in [6.45, 7) is 2.73. The van der Waals surface area contributed by atoms with Crippen molar-refractivity contribution in [3.63, 3.8) is 0 Å². The van der Waals surface area contributed by atoms with Crippen LogP contribution in [0.5, 0.6) is 0 Å². The number of hydrogen-bond donors (Lipinski definition) is 2. The quantitative estimate of drug-likeness (QED) is 0.713. The maximum atomic E-state index is 12.8. The molecule has 10 heteroatoms. The minimum absolute atomic E-state index is 0.122. The maximum Gasteiger partial charge on any atom is 0.405 e. The second-order valence-electron chi connectivity index (χ2n) is 8.36. The Labute approximate surface area is 179 Å². The van der Waals surface area contributed by atoms with E-state index in [1.165, 1.54) is 0 Å². The predicted molar refractivity (Wildman–Crippen MR) is 108 cm³/mol. The van der Waals surface area contributed by atoms with E-state index in [4.69, 9.17) is 0 Å². The lowest BCUT2D eigenvalue weighted by Gasteiger charge is -2.24. The zero-order chi connectivity index (χ0) is 22.8. The second kappa shape index (κ2) is 9.30. The fourth-order valence-electron chi connectivity index (χ4n) is 4.68. The molecule has 2 N–H and O–H groups in total. The van der Waals surface area contributed by atoms with E-state index in [9.17, 15) is 28.0 Å². The predicted octanol–water partition coefficient (Wildman–Crippen LogP) is 3.17. The van der Waals surface area contributed by atoms with Gasteiger partial charge in [-0.15, -0.1) is 0 Å². The van der Waals surface area contributed by atoms with Crippen LogP contribution >= 0.6 is 0 Å². The van der Waals surface area contributed by atoms with Crippen molar-refractivity contribution in [2.45, 2.75) is 70.6 Å². The summed E-state index contributed by atoms with van der Waals surface area (Å²) >= 11 is 0. The molecule has 1 atom stereocenters. The summed E-state index contributed by atoms with van der Waals surface area (Å²) in [6.07, 6.45) is 0.699. The number of halogens is 3. The van der Waals surface area contributed by atoms with Crippen molar-refractivity contribution in [1.29, 1.82) is 5.26 Å². The standard InChI is InChI=1S/C21H28F3N5O2/c1-13-14(2)29(15-6-3-4-7-15)19(16(13)10-25)27-18(30)11-28-9-5-8-17(28)20(31)26-12-21(22,23)24/h15,17H,3-9,11-12H2,1-2H3,(H,26,31)(H,27,30). The number of nitriles is 1. The van der Waals surface area contributed by atoms with Gasteiger partial charge in [0.05, 0.1) is 18.2 Å². The van der Waals surface area contributed by atoms with Gasteiger partial charge in [-0.3, -0.25) is 14.5 Å². The number of likely N-dealkylation sites (tertiary alicyclic amines) is 1. The number of carbonyl (C=O) groups excluding carboxylic acids is 2. The Morgan fingerprint density at radius 1 is 1.16 bits per heavy atom. The molecule has 1 aromatic rings. The van der Waals surface area contributed by atoms with Gasteiger partial charge in [0.15, 0.2) is 0 Å². The molecule has 0 aromatic carbocycles. The van der Waals surface area contributed by atoms with Gasteiger partial charge in [-0.2, -0.15) is 18.4 Å². The van der Waals surface area contributed by atoms with Gasteiger partial charge in [-0.05, 0) is 51.6 Å². The zero-order valence-electron chi connectivity index (χ0n) is 17.8. The highest BCUT2D eigenvalue weighted by atomic mass is 19.4. The molecule has 2 amide bonds. The fraction of sp³-hybridized carbons (Fsp3) is 0.667. The van der Waals surface area contributed by atoms with Crippen LogP contribution in [0.15, 0.2) is 0 Å². The molecule has 31 heavy (non-hydrogen) atoms. The molecule has 2 fully saturated rings. The van der Waals surface area contributed by atoms with E-state index < -0.39 is 24.7 Å². The van der Waals surface area contributed by atoms with Crippen molar-refractivity contribution in [1.82, 2.24) is 14.8 Å². The molecule has 0 radical (unpaired) electrons. The highest BCUT2D eigenvalue weighted by Crippen LogP contribution is 2.37. The van der Waals surface area contributed by atoms with E-state index in [2.05, 4.69) is 11.4 Å². The first-order valence-electron chi connectivity index (χ1n) is 10.6. The molecule has 3 rings (SSSR count). The summed E-state index contributed by atoms with van der Waals surface area (Å²) < 4.78 is 39.2. The molecule has 2 aliphatic rings. The van der Waals surface area contributed by atoms with Crippen molar-refractivity contribution in [3.05, 3.63) is 16.8 Å². The van der Waals surface area contributed by atoms with Crippen molar-refractivity contribution >= 4 is 17.6 Å². The lowest BCUT2D eigenvalue weighted by molar-refractivity contribution is -0.141. The molecule has 170 valence electrons. The molecule has 1 unspecified atom stereocenters. The van der Waals surface area contributed by atoms with E-state index in [1.54, 1.807) is 4.90 Å². The molecule has 0 spiro atoms. The molecule has 0 bridgehead atoms. The van der Waals surface area contributed by atoms with Crippen LogP contribution in [0.25, 0.3) is 0 Å². The van der Waals surface area contributed by atoms with Gasteiger partial charge in [0.1, 0.15) is 18.4 Å². The first-order chi connectivity index (χ1) is 14.6. The highest BCUT2D eigenvalue weighted by molar-refractivity contribution is 5.94. The molecule has 1 aliphatic carbocycles. The monoisotopic (exact) mass is 439 g/mol. The number of anilines is 1. The van der Waals surface area contributed by atoms with E-state index in [1.807, 2.05) is 23.7 Å². The SMILES string of the molecule is Cc1c(C#N)c(NC(=O)CN2CCCC2C(=O)NCC(F)(F)F)n(C2CCCC2)c1C. The van der Waals surface area contributed by atoms with Gasteiger partial charge < -0.3 is 15.2 Å². The van der Waals surface area contributed by atoms with Crippen LogP contribution in [-0.4, -0.2) is 53.1 Å². The maximum absolute atomic E-state index is 12.8. The number of rotatable bonds is 6. The average Bonchev–Trinajstić information content (AvgIpc) is 3.41. The third-order valence-electron chi connectivity index (χ3n) is 6.29. The second-order valence-corrected chi connectivity index (χ2v) is 8.36. The van der Waals surface area contributed by atoms with Crippen LogP contribution in [0.4, 0.5) is 19.0 Å². The summed E-state index contributed by atoms with van der Waals surface area (Å²) in [6, 6.07) is 1.64. The lowest BCUT2D eigenvalue weighted by atomic mass is 10.2. The Morgan fingerprint density at radius 3 is 2.45 bits per heavy atom. The third kappa shape index (κ3) is 5.21. The first-order valence-corrected chi connectivity index (χ1v) is 10.6. The summed E-state index contributed by atoms with van der Waals surface area (Å²) in [5.74, 6) is -0.628. The normalized spacial score (nSPS) is 20.1. The number of nitrogens with zero attached hydrogens (tertiary/aromatic N) is 3. The molecule has 1 saturated heterocycles. The van der Waals surface area contributed by atoms with Crippen molar-refractivity contribution in [2.24, 2.45) is 0 Å². The molecular weight excluding hydrogens is 411 g/mol. The molecule has 1 saturated carbocycles. The van der Waals surface area contributed by atoms with Gasteiger partial charge in [0.25, 0.3) is 0 Å². The van der Waals surface area contributed by atoms with Crippen LogP contribution in [0.1, 0.15) is 61.4 Å². The topological polar surface area (TPSA) is 90.2 Å². The molecule has 2 heterocycles. The Morgan fingerprint density at radius 2 is 1.84 bits per heavy atom. The Bertz CT molecular complexity index is 881. The molecule has 7 nitrogen and oxygen atoms in total. The van der Waals surface area contributed by atoms with Crippen LogP contribution in [0.3, 0.4) is 0 Å². The smallest absolute Gasteiger partial charge is 0.346 e. The summed E-state index contributed by atoms with van der Waals surface area (Å²) in [5.41, 5.74) is 2.21. The van der Waals surface area contributed by atoms with E-state index in [-0.39, 0.29) is 18.5 Å². The van der Waals surface area contributed by atoms with Crippen LogP contribution in [0, 0.1) is 25.2 Å². The van der Waals surface area contributed by atoms with E-state index in [0.29, 0.717) is 30.8 Å².